The van der Waals surface area contributed by atoms with Crippen molar-refractivity contribution >= 4 is 30.1 Å². The molecule has 4 rings (SSSR count). The summed E-state index contributed by atoms with van der Waals surface area (Å²) in [6.45, 7) is 2.41. The van der Waals surface area contributed by atoms with Crippen molar-refractivity contribution in [3.8, 4) is 0 Å². The molecular weight excluding hydrogens is 363 g/mol. The van der Waals surface area contributed by atoms with E-state index in [4.69, 9.17) is 12.3 Å². The van der Waals surface area contributed by atoms with Crippen molar-refractivity contribution in [1.29, 1.82) is 0 Å². The number of benzene rings is 2. The van der Waals surface area contributed by atoms with Crippen LogP contribution in [-0.4, -0.2) is 23.6 Å². The van der Waals surface area contributed by atoms with Gasteiger partial charge in [0.15, 0.2) is 0 Å². The minimum atomic E-state index is -0.212. The van der Waals surface area contributed by atoms with Crippen molar-refractivity contribution in [2.45, 2.75) is 20.0 Å². The number of rotatable bonds is 5. The van der Waals surface area contributed by atoms with Gasteiger partial charge in [-0.05, 0) is 42.6 Å². The van der Waals surface area contributed by atoms with E-state index in [9.17, 15) is 9.59 Å². The second kappa shape index (κ2) is 7.83. The van der Waals surface area contributed by atoms with Crippen LogP contribution in [-0.2, 0) is 13.1 Å². The number of aromatic amines is 1. The molecule has 0 aliphatic heterocycles. The number of hydrogen-bond donors (Lipinski definition) is 1. The molecule has 0 aliphatic carbocycles. The summed E-state index contributed by atoms with van der Waals surface area (Å²) in [5, 5.41) is 0.928. The number of carbonyl (C=O) groups excluding carboxylic acids is 1. The number of furan rings is 1. The highest BCUT2D eigenvalue weighted by Gasteiger charge is 2.19. The highest BCUT2D eigenvalue weighted by molar-refractivity contribution is 6.32. The summed E-state index contributed by atoms with van der Waals surface area (Å²) in [5.41, 5.74) is 3.25. The molecule has 2 aromatic carbocycles. The Morgan fingerprint density at radius 2 is 1.86 bits per heavy atom. The zero-order valence-corrected chi connectivity index (χ0v) is 16.0. The Balaban J connectivity index is 1.70. The van der Waals surface area contributed by atoms with Crippen LogP contribution in [0.25, 0.3) is 10.9 Å². The maximum absolute atomic E-state index is 13.1. The van der Waals surface area contributed by atoms with Gasteiger partial charge in [0.05, 0.1) is 19.4 Å². The van der Waals surface area contributed by atoms with Gasteiger partial charge < -0.3 is 14.3 Å². The van der Waals surface area contributed by atoms with E-state index in [0.29, 0.717) is 22.3 Å². The van der Waals surface area contributed by atoms with Crippen LogP contribution < -0.4 is 11.0 Å². The molecule has 0 unspecified atom stereocenters. The third-order valence-electron chi connectivity index (χ3n) is 4.81. The van der Waals surface area contributed by atoms with Gasteiger partial charge in [0.2, 0.25) is 0 Å². The topological polar surface area (TPSA) is 66.3 Å². The minimum Gasteiger partial charge on any atom is -0.467 e. The number of aromatic nitrogens is 1. The first-order valence-electron chi connectivity index (χ1n) is 9.29. The summed E-state index contributed by atoms with van der Waals surface area (Å²) in [4.78, 5) is 30.3. The normalized spacial score (nSPS) is 10.9. The van der Waals surface area contributed by atoms with E-state index in [2.05, 4.69) is 4.98 Å². The molecule has 0 bridgehead atoms. The Kier molecular flexibility index (Phi) is 5.08. The molecule has 1 amide bonds. The van der Waals surface area contributed by atoms with Crippen LogP contribution in [0.1, 0.15) is 27.2 Å². The number of pyridine rings is 1. The largest absolute Gasteiger partial charge is 0.467 e. The van der Waals surface area contributed by atoms with Gasteiger partial charge in [0.25, 0.3) is 11.5 Å². The summed E-state index contributed by atoms with van der Waals surface area (Å²) in [7, 11) is 5.74. The first-order chi connectivity index (χ1) is 14.0. The fourth-order valence-electron chi connectivity index (χ4n) is 3.29. The maximum atomic E-state index is 13.1. The van der Waals surface area contributed by atoms with Crippen LogP contribution in [0.5, 0.6) is 0 Å². The highest BCUT2D eigenvalue weighted by atomic mass is 16.3. The minimum absolute atomic E-state index is 0.156. The molecule has 0 saturated heterocycles. The fourth-order valence-corrected chi connectivity index (χ4v) is 3.29. The lowest BCUT2D eigenvalue weighted by atomic mass is 9.95. The zero-order chi connectivity index (χ0) is 20.4. The first-order valence-corrected chi connectivity index (χ1v) is 9.29. The number of amides is 1. The summed E-state index contributed by atoms with van der Waals surface area (Å²) in [6.07, 6.45) is 1.56. The third-order valence-corrected chi connectivity index (χ3v) is 4.81. The van der Waals surface area contributed by atoms with E-state index in [-0.39, 0.29) is 24.6 Å². The van der Waals surface area contributed by atoms with Gasteiger partial charge in [-0.25, -0.2) is 0 Å². The van der Waals surface area contributed by atoms with Crippen LogP contribution in [0.2, 0.25) is 0 Å². The molecule has 1 N–H and O–H groups in total. The van der Waals surface area contributed by atoms with Gasteiger partial charge in [0, 0.05) is 16.6 Å². The Bertz CT molecular complexity index is 1210. The Hall–Kier alpha value is -3.54. The second-order valence-corrected chi connectivity index (χ2v) is 7.08. The zero-order valence-electron chi connectivity index (χ0n) is 16.0. The molecule has 2 aromatic heterocycles. The van der Waals surface area contributed by atoms with Crippen molar-refractivity contribution in [1.82, 2.24) is 9.88 Å². The molecular formula is C23H19BN2O3. The number of carbonyl (C=O) groups is 1. The van der Waals surface area contributed by atoms with Crippen LogP contribution in [0.3, 0.4) is 0 Å². The molecule has 2 radical (unpaired) electrons. The summed E-state index contributed by atoms with van der Waals surface area (Å²) in [6, 6.07) is 18.0. The molecule has 0 saturated carbocycles. The van der Waals surface area contributed by atoms with Crippen LogP contribution >= 0.6 is 0 Å². The number of nitrogens with zero attached hydrogens (tertiary/aromatic N) is 1. The van der Waals surface area contributed by atoms with E-state index in [0.717, 1.165) is 16.5 Å². The lowest BCUT2D eigenvalue weighted by Gasteiger charge is -2.22. The predicted molar refractivity (Wildman–Crippen MR) is 113 cm³/mol. The van der Waals surface area contributed by atoms with Crippen LogP contribution in [0.4, 0.5) is 0 Å². The number of fused-ring (bicyclic) bond motifs is 1. The lowest BCUT2D eigenvalue weighted by molar-refractivity contribution is 0.0717. The third kappa shape index (κ3) is 4.16. The standard InChI is InChI=1S/C23H19BN2O3/c1-15-4-9-21-17(11-15)12-18(22(27)25-21)13-26(14-20-3-2-10-29-20)23(28)16-5-7-19(24)8-6-16/h2-12H,13-14H2,1H3,(H,25,27). The van der Waals surface area contributed by atoms with E-state index in [1.807, 2.05) is 31.2 Å². The van der Waals surface area contributed by atoms with Crippen molar-refractivity contribution in [3.05, 3.63) is 99.7 Å². The summed E-state index contributed by atoms with van der Waals surface area (Å²) >= 11 is 0. The average Bonchev–Trinajstić information content (AvgIpc) is 3.21. The van der Waals surface area contributed by atoms with Gasteiger partial charge in [-0.2, -0.15) is 0 Å². The van der Waals surface area contributed by atoms with Gasteiger partial charge >= 0.3 is 0 Å². The quantitative estimate of drug-likeness (QED) is 0.540. The van der Waals surface area contributed by atoms with E-state index < -0.39 is 0 Å². The van der Waals surface area contributed by atoms with Crippen LogP contribution in [0, 0.1) is 6.92 Å². The fraction of sp³-hybridized carbons (Fsp3) is 0.130. The molecule has 29 heavy (non-hydrogen) atoms. The Morgan fingerprint density at radius 1 is 1.07 bits per heavy atom. The monoisotopic (exact) mass is 382 g/mol. The molecule has 0 fully saturated rings. The second-order valence-electron chi connectivity index (χ2n) is 7.08. The lowest BCUT2D eigenvalue weighted by Crippen LogP contribution is -2.32. The predicted octanol–water partition coefficient (Wildman–Crippen LogP) is 3.07. The van der Waals surface area contributed by atoms with Crippen LogP contribution in [0.15, 0.2) is 76.1 Å². The van der Waals surface area contributed by atoms with E-state index in [1.165, 1.54) is 0 Å². The Morgan fingerprint density at radius 3 is 2.59 bits per heavy atom. The SMILES string of the molecule is [B]c1ccc(C(=O)N(Cc2ccco2)Cc2cc3cc(C)ccc3[nH]c2=O)cc1. The molecule has 142 valence electrons. The number of nitrogens with one attached hydrogen (secondary N) is 1. The number of H-pyrrole nitrogens is 1. The van der Waals surface area contributed by atoms with E-state index in [1.54, 1.807) is 47.6 Å². The van der Waals surface area contributed by atoms with Gasteiger partial charge in [-0.1, -0.05) is 41.4 Å². The maximum Gasteiger partial charge on any atom is 0.254 e. The molecule has 6 heteroatoms. The number of aryl methyl sites for hydroxylation is 1. The van der Waals surface area contributed by atoms with Crippen molar-refractivity contribution in [2.75, 3.05) is 0 Å². The molecule has 0 aliphatic rings. The molecule has 4 aromatic rings. The van der Waals surface area contributed by atoms with Crippen molar-refractivity contribution in [3.63, 3.8) is 0 Å². The molecule has 2 heterocycles. The molecule has 0 spiro atoms. The smallest absolute Gasteiger partial charge is 0.254 e. The van der Waals surface area contributed by atoms with Gasteiger partial charge in [-0.15, -0.1) is 0 Å². The highest BCUT2D eigenvalue weighted by Crippen LogP contribution is 2.17. The van der Waals surface area contributed by atoms with Crippen molar-refractivity contribution < 1.29 is 9.21 Å². The average molecular weight is 382 g/mol. The summed E-state index contributed by atoms with van der Waals surface area (Å²) < 4.78 is 5.42. The van der Waals surface area contributed by atoms with Gasteiger partial charge in [-0.3, -0.25) is 9.59 Å². The first kappa shape index (κ1) is 18.8. The summed E-state index contributed by atoms with van der Waals surface area (Å²) in [5.74, 6) is 0.437. The molecule has 0 atom stereocenters. The van der Waals surface area contributed by atoms with E-state index >= 15 is 0 Å². The Labute approximate surface area is 169 Å². The van der Waals surface area contributed by atoms with Gasteiger partial charge in [0.1, 0.15) is 13.6 Å². The molecule has 5 nitrogen and oxygen atoms in total. The van der Waals surface area contributed by atoms with Crippen molar-refractivity contribution in [2.24, 2.45) is 0 Å². The number of hydrogen-bond acceptors (Lipinski definition) is 3.